The van der Waals surface area contributed by atoms with Crippen LogP contribution in [-0.4, -0.2) is 38.3 Å². The zero-order valence-electron chi connectivity index (χ0n) is 23.5. The normalized spacial score (nSPS) is 16.0. The summed E-state index contributed by atoms with van der Waals surface area (Å²) in [5, 5.41) is 4.60. The molecular formula is C34H29BN4O2. The summed E-state index contributed by atoms with van der Waals surface area (Å²) in [6.45, 7) is 8.24. The molecule has 7 rings (SSSR count). The van der Waals surface area contributed by atoms with Gasteiger partial charge in [-0.15, -0.1) is 0 Å². The first-order valence-corrected chi connectivity index (χ1v) is 13.8. The van der Waals surface area contributed by atoms with E-state index in [9.17, 15) is 0 Å². The molecule has 0 radical (unpaired) electrons. The maximum atomic E-state index is 6.26. The molecule has 41 heavy (non-hydrogen) atoms. The van der Waals surface area contributed by atoms with Gasteiger partial charge in [0.15, 0.2) is 17.5 Å². The quantitative estimate of drug-likeness (QED) is 0.181. The lowest BCUT2D eigenvalue weighted by Crippen LogP contribution is -2.41. The van der Waals surface area contributed by atoms with Gasteiger partial charge in [-0.3, -0.25) is 4.98 Å². The summed E-state index contributed by atoms with van der Waals surface area (Å²) < 4.78 is 12.5. The highest BCUT2D eigenvalue weighted by molar-refractivity contribution is 6.62. The molecule has 7 heteroatoms. The molecule has 1 fully saturated rings. The predicted octanol–water partition coefficient (Wildman–Crippen LogP) is 6.87. The van der Waals surface area contributed by atoms with Crippen LogP contribution >= 0.6 is 0 Å². The van der Waals surface area contributed by atoms with E-state index in [2.05, 4.69) is 87.3 Å². The molecule has 3 heterocycles. The molecule has 0 N–H and O–H groups in total. The maximum Gasteiger partial charge on any atom is 0.494 e. The van der Waals surface area contributed by atoms with Crippen molar-refractivity contribution in [3.63, 3.8) is 0 Å². The largest absolute Gasteiger partial charge is 0.494 e. The van der Waals surface area contributed by atoms with Gasteiger partial charge >= 0.3 is 7.12 Å². The second kappa shape index (κ2) is 9.58. The molecule has 4 aromatic carbocycles. The van der Waals surface area contributed by atoms with Crippen LogP contribution in [0.2, 0.25) is 0 Å². The van der Waals surface area contributed by atoms with E-state index in [1.54, 1.807) is 12.4 Å². The minimum Gasteiger partial charge on any atom is -0.399 e. The number of rotatable bonds is 4. The molecule has 0 aliphatic carbocycles. The van der Waals surface area contributed by atoms with Crippen LogP contribution in [0.3, 0.4) is 0 Å². The van der Waals surface area contributed by atoms with Crippen LogP contribution in [0.25, 0.3) is 55.7 Å². The Kier molecular flexibility index (Phi) is 5.96. The molecule has 200 valence electrons. The van der Waals surface area contributed by atoms with E-state index < -0.39 is 18.3 Å². The van der Waals surface area contributed by atoms with Crippen molar-refractivity contribution in [2.75, 3.05) is 0 Å². The van der Waals surface area contributed by atoms with Crippen molar-refractivity contribution in [1.82, 2.24) is 19.9 Å². The highest BCUT2D eigenvalue weighted by Crippen LogP contribution is 2.37. The summed E-state index contributed by atoms with van der Waals surface area (Å²) in [5.41, 5.74) is 2.82. The van der Waals surface area contributed by atoms with Gasteiger partial charge in [-0.05, 0) is 72.9 Å². The average molecular weight is 536 g/mol. The Bertz CT molecular complexity index is 1890. The summed E-state index contributed by atoms with van der Waals surface area (Å²) in [6.07, 6.45) is 3.53. The topological polar surface area (TPSA) is 70.0 Å². The van der Waals surface area contributed by atoms with Crippen molar-refractivity contribution in [3.05, 3.63) is 103 Å². The maximum absolute atomic E-state index is 6.26. The van der Waals surface area contributed by atoms with E-state index >= 15 is 0 Å². The van der Waals surface area contributed by atoms with E-state index in [-0.39, 0.29) is 0 Å². The van der Waals surface area contributed by atoms with Crippen LogP contribution in [0.1, 0.15) is 27.7 Å². The van der Waals surface area contributed by atoms with Crippen molar-refractivity contribution < 1.29 is 9.31 Å². The van der Waals surface area contributed by atoms with Gasteiger partial charge in [0.1, 0.15) is 0 Å². The molecule has 6 nitrogen and oxygen atoms in total. The lowest BCUT2D eigenvalue weighted by molar-refractivity contribution is 0.00578. The number of nitrogens with zero attached hydrogens (tertiary/aromatic N) is 4. The van der Waals surface area contributed by atoms with Crippen molar-refractivity contribution in [2.24, 2.45) is 0 Å². The van der Waals surface area contributed by atoms with Crippen molar-refractivity contribution in [2.45, 2.75) is 38.9 Å². The smallest absolute Gasteiger partial charge is 0.399 e. The summed E-state index contributed by atoms with van der Waals surface area (Å²) in [6, 6.07) is 30.9. The first-order chi connectivity index (χ1) is 19.8. The minimum absolute atomic E-state index is 0.402. The monoisotopic (exact) mass is 536 g/mol. The molecule has 0 saturated carbocycles. The number of hydrogen-bond donors (Lipinski definition) is 0. The molecule has 6 aromatic rings. The average Bonchev–Trinajstić information content (AvgIpc) is 3.23. The zero-order chi connectivity index (χ0) is 28.2. The highest BCUT2D eigenvalue weighted by atomic mass is 16.7. The second-order valence-electron chi connectivity index (χ2n) is 11.4. The molecule has 1 saturated heterocycles. The summed E-state index contributed by atoms with van der Waals surface area (Å²) in [4.78, 5) is 19.2. The Morgan fingerprint density at radius 2 is 1.20 bits per heavy atom. The number of hydrogen-bond acceptors (Lipinski definition) is 6. The fourth-order valence-corrected chi connectivity index (χ4v) is 5.26. The molecule has 1 aliphatic rings. The third-order valence-electron chi connectivity index (χ3n) is 8.26. The molecule has 0 unspecified atom stereocenters. The molecule has 1 aliphatic heterocycles. The Hall–Kier alpha value is -4.46. The lowest BCUT2D eigenvalue weighted by atomic mass is 9.79. The third kappa shape index (κ3) is 4.47. The van der Waals surface area contributed by atoms with Crippen LogP contribution in [0, 0.1) is 0 Å². The van der Waals surface area contributed by atoms with Crippen molar-refractivity contribution in [3.8, 4) is 34.2 Å². The third-order valence-corrected chi connectivity index (χ3v) is 8.26. The number of pyridine rings is 1. The first-order valence-electron chi connectivity index (χ1n) is 13.8. The molecule has 0 amide bonds. The predicted molar refractivity (Wildman–Crippen MR) is 165 cm³/mol. The van der Waals surface area contributed by atoms with E-state index in [1.165, 1.54) is 5.39 Å². The number of fused-ring (bicyclic) bond motifs is 3. The molecule has 2 aromatic heterocycles. The summed E-state index contributed by atoms with van der Waals surface area (Å²) >= 11 is 0. The van der Waals surface area contributed by atoms with Gasteiger partial charge in [0.2, 0.25) is 0 Å². The van der Waals surface area contributed by atoms with Gasteiger partial charge in [-0.25, -0.2) is 15.0 Å². The van der Waals surface area contributed by atoms with Crippen molar-refractivity contribution >= 4 is 34.1 Å². The second-order valence-corrected chi connectivity index (χ2v) is 11.4. The van der Waals surface area contributed by atoms with Gasteiger partial charge in [0.05, 0.1) is 11.2 Å². The van der Waals surface area contributed by atoms with E-state index in [0.717, 1.165) is 38.3 Å². The van der Waals surface area contributed by atoms with Gasteiger partial charge in [0.25, 0.3) is 0 Å². The van der Waals surface area contributed by atoms with Gasteiger partial charge in [0, 0.05) is 29.1 Å². The highest BCUT2D eigenvalue weighted by Gasteiger charge is 2.51. The van der Waals surface area contributed by atoms with Crippen molar-refractivity contribution in [1.29, 1.82) is 0 Å². The SMILES string of the molecule is CC1(C)OB(c2ccc(-c3nc(-c4cccnc4)nc(-c4cc5ccccc5c5ccccc45)n3)cc2)OC1(C)C. The molecular weight excluding hydrogens is 507 g/mol. The molecule has 0 bridgehead atoms. The Balaban J connectivity index is 1.37. The van der Waals surface area contributed by atoms with Crippen LogP contribution in [-0.2, 0) is 9.31 Å². The van der Waals surface area contributed by atoms with Gasteiger partial charge in [-0.1, -0.05) is 72.8 Å². The Morgan fingerprint density at radius 1 is 0.585 bits per heavy atom. The van der Waals surface area contributed by atoms with Crippen LogP contribution in [0.15, 0.2) is 103 Å². The summed E-state index contributed by atoms with van der Waals surface area (Å²) in [5.74, 6) is 1.78. The summed E-state index contributed by atoms with van der Waals surface area (Å²) in [7, 11) is -0.433. The van der Waals surface area contributed by atoms with Crippen LogP contribution in [0.5, 0.6) is 0 Å². The standard InChI is InChI=1S/C34H29BN4O2/c1-33(2)34(3,4)41-35(40-33)25-17-15-22(16-18-25)30-37-31(24-11-9-19-36-21-24)39-32(38-30)29-20-23-10-5-6-12-26(23)27-13-7-8-14-28(27)29/h5-21H,1-4H3. The lowest BCUT2D eigenvalue weighted by Gasteiger charge is -2.32. The van der Waals surface area contributed by atoms with Gasteiger partial charge < -0.3 is 9.31 Å². The van der Waals surface area contributed by atoms with Crippen LogP contribution in [0.4, 0.5) is 0 Å². The van der Waals surface area contributed by atoms with E-state index in [1.807, 2.05) is 36.4 Å². The molecule has 0 atom stereocenters. The fourth-order valence-electron chi connectivity index (χ4n) is 5.26. The minimum atomic E-state index is -0.433. The zero-order valence-corrected chi connectivity index (χ0v) is 23.5. The fraction of sp³-hybridized carbons (Fsp3) is 0.176. The van der Waals surface area contributed by atoms with E-state index in [4.69, 9.17) is 24.3 Å². The molecule has 0 spiro atoms. The van der Waals surface area contributed by atoms with E-state index in [0.29, 0.717) is 17.5 Å². The van der Waals surface area contributed by atoms with Crippen LogP contribution < -0.4 is 5.46 Å². The van der Waals surface area contributed by atoms with Gasteiger partial charge in [-0.2, -0.15) is 0 Å². The number of aromatic nitrogens is 4. The Labute approximate surface area is 239 Å². The first kappa shape index (κ1) is 25.5. The Morgan fingerprint density at radius 3 is 1.88 bits per heavy atom. The number of benzene rings is 4.